The van der Waals surface area contributed by atoms with Crippen molar-refractivity contribution in [1.29, 1.82) is 0 Å². The molecular weight excluding hydrogens is 262 g/mol. The van der Waals surface area contributed by atoms with Crippen LogP contribution in [0.2, 0.25) is 0 Å². The number of morpholine rings is 1. The first-order chi connectivity index (χ1) is 9.29. The van der Waals surface area contributed by atoms with Gasteiger partial charge in [-0.15, -0.1) is 11.3 Å². The molecule has 1 saturated heterocycles. The van der Waals surface area contributed by atoms with Crippen molar-refractivity contribution >= 4 is 17.2 Å². The minimum absolute atomic E-state index is 0.0223. The lowest BCUT2D eigenvalue weighted by Crippen LogP contribution is -2.47. The van der Waals surface area contributed by atoms with Crippen LogP contribution in [0.5, 0.6) is 0 Å². The Morgan fingerprint density at radius 3 is 3.16 bits per heavy atom. The van der Waals surface area contributed by atoms with Crippen molar-refractivity contribution in [3.8, 4) is 0 Å². The van der Waals surface area contributed by atoms with Crippen molar-refractivity contribution in [3.63, 3.8) is 0 Å². The van der Waals surface area contributed by atoms with Gasteiger partial charge in [0.2, 0.25) is 0 Å². The Hall–Kier alpha value is -0.910. The van der Waals surface area contributed by atoms with E-state index in [1.54, 1.807) is 11.3 Å². The van der Waals surface area contributed by atoms with E-state index in [1.165, 1.54) is 23.3 Å². The summed E-state index contributed by atoms with van der Waals surface area (Å²) in [5.41, 5.74) is 2.16. The number of amides is 1. The maximum atomic E-state index is 12.6. The molecule has 1 aromatic heterocycles. The number of hydrogen-bond donors (Lipinski definition) is 1. The van der Waals surface area contributed by atoms with Gasteiger partial charge in [0.1, 0.15) is 0 Å². The number of carbonyl (C=O) groups excluding carboxylic acids is 1. The summed E-state index contributed by atoms with van der Waals surface area (Å²) in [5, 5.41) is 11.2. The number of fused-ring (bicyclic) bond motifs is 1. The first-order valence-corrected chi connectivity index (χ1v) is 7.78. The Bertz CT molecular complexity index is 471. The fourth-order valence-electron chi connectivity index (χ4n) is 2.86. The van der Waals surface area contributed by atoms with Gasteiger partial charge in [-0.3, -0.25) is 4.79 Å². The lowest BCUT2D eigenvalue weighted by atomic mass is 9.95. The molecular formula is C14H19NO3S. The van der Waals surface area contributed by atoms with Crippen molar-refractivity contribution in [2.75, 3.05) is 26.3 Å². The molecule has 5 heteroatoms. The van der Waals surface area contributed by atoms with Gasteiger partial charge in [0, 0.05) is 23.3 Å². The Labute approximate surface area is 117 Å². The number of thiophene rings is 1. The SMILES string of the molecule is O=C(c1csc2c1CCCC2)N1CCOC(CO)C1. The van der Waals surface area contributed by atoms with Crippen LogP contribution < -0.4 is 0 Å². The highest BCUT2D eigenvalue weighted by atomic mass is 32.1. The van der Waals surface area contributed by atoms with Gasteiger partial charge in [-0.2, -0.15) is 0 Å². The van der Waals surface area contributed by atoms with Crippen LogP contribution in [-0.4, -0.2) is 48.3 Å². The molecule has 1 aromatic rings. The van der Waals surface area contributed by atoms with E-state index in [1.807, 2.05) is 10.3 Å². The van der Waals surface area contributed by atoms with Crippen molar-refractivity contribution in [2.24, 2.45) is 0 Å². The molecule has 1 atom stereocenters. The van der Waals surface area contributed by atoms with Gasteiger partial charge in [-0.05, 0) is 31.2 Å². The Morgan fingerprint density at radius 1 is 1.47 bits per heavy atom. The molecule has 104 valence electrons. The molecule has 1 N–H and O–H groups in total. The highest BCUT2D eigenvalue weighted by molar-refractivity contribution is 7.10. The van der Waals surface area contributed by atoms with E-state index in [-0.39, 0.29) is 18.6 Å². The lowest BCUT2D eigenvalue weighted by molar-refractivity contribution is -0.0447. The van der Waals surface area contributed by atoms with E-state index < -0.39 is 0 Å². The quantitative estimate of drug-likeness (QED) is 0.893. The van der Waals surface area contributed by atoms with Crippen molar-refractivity contribution < 1.29 is 14.6 Å². The minimum Gasteiger partial charge on any atom is -0.394 e. The monoisotopic (exact) mass is 281 g/mol. The van der Waals surface area contributed by atoms with Crippen LogP contribution in [0.3, 0.4) is 0 Å². The molecule has 4 nitrogen and oxygen atoms in total. The molecule has 0 saturated carbocycles. The topological polar surface area (TPSA) is 49.8 Å². The average Bonchev–Trinajstić information content (AvgIpc) is 2.90. The zero-order valence-electron chi connectivity index (χ0n) is 10.9. The molecule has 2 heterocycles. The summed E-state index contributed by atoms with van der Waals surface area (Å²) in [6.07, 6.45) is 4.35. The summed E-state index contributed by atoms with van der Waals surface area (Å²) in [5.74, 6) is 0.112. The van der Waals surface area contributed by atoms with Crippen LogP contribution in [0, 0.1) is 0 Å². The molecule has 2 aliphatic rings. The van der Waals surface area contributed by atoms with Gasteiger partial charge >= 0.3 is 0 Å². The third-order valence-electron chi connectivity index (χ3n) is 3.92. The van der Waals surface area contributed by atoms with Crippen LogP contribution >= 0.6 is 11.3 Å². The molecule has 19 heavy (non-hydrogen) atoms. The second kappa shape index (κ2) is 5.61. The molecule has 0 bridgehead atoms. The summed E-state index contributed by atoms with van der Waals surface area (Å²) in [4.78, 5) is 15.8. The van der Waals surface area contributed by atoms with Crippen LogP contribution in [0.25, 0.3) is 0 Å². The molecule has 1 unspecified atom stereocenters. The third kappa shape index (κ3) is 2.55. The van der Waals surface area contributed by atoms with Crippen molar-refractivity contribution in [1.82, 2.24) is 4.90 Å². The molecule has 1 amide bonds. The largest absolute Gasteiger partial charge is 0.394 e. The maximum Gasteiger partial charge on any atom is 0.255 e. The van der Waals surface area contributed by atoms with Crippen molar-refractivity contribution in [3.05, 3.63) is 21.4 Å². The molecule has 3 rings (SSSR count). The first kappa shape index (κ1) is 13.1. The van der Waals surface area contributed by atoms with Gasteiger partial charge in [0.25, 0.3) is 5.91 Å². The molecule has 1 fully saturated rings. The summed E-state index contributed by atoms with van der Waals surface area (Å²) in [6.45, 7) is 1.62. The lowest BCUT2D eigenvalue weighted by Gasteiger charge is -2.32. The summed E-state index contributed by atoms with van der Waals surface area (Å²) < 4.78 is 5.40. The van der Waals surface area contributed by atoms with E-state index in [9.17, 15) is 4.79 Å². The number of carbonyl (C=O) groups is 1. The predicted molar refractivity (Wildman–Crippen MR) is 73.7 cm³/mol. The number of hydrogen-bond acceptors (Lipinski definition) is 4. The van der Waals surface area contributed by atoms with Crippen LogP contribution in [0.15, 0.2) is 5.38 Å². The second-order valence-corrected chi connectivity index (χ2v) is 6.15. The van der Waals surface area contributed by atoms with Crippen LogP contribution in [0.1, 0.15) is 33.6 Å². The fourth-order valence-corrected chi connectivity index (χ4v) is 3.98. The van der Waals surface area contributed by atoms with Gasteiger partial charge in [-0.1, -0.05) is 0 Å². The minimum atomic E-state index is -0.229. The van der Waals surface area contributed by atoms with Crippen LogP contribution in [0.4, 0.5) is 0 Å². The van der Waals surface area contributed by atoms with Gasteiger partial charge < -0.3 is 14.7 Å². The van der Waals surface area contributed by atoms with E-state index in [0.717, 1.165) is 18.4 Å². The standard InChI is InChI=1S/C14H19NO3S/c16-8-10-7-15(5-6-18-10)14(17)12-9-19-13-4-2-1-3-11(12)13/h9-10,16H,1-8H2. The van der Waals surface area contributed by atoms with Gasteiger partial charge in [0.05, 0.1) is 24.9 Å². The zero-order chi connectivity index (χ0) is 13.2. The van der Waals surface area contributed by atoms with E-state index in [4.69, 9.17) is 9.84 Å². The van der Waals surface area contributed by atoms with Crippen LogP contribution in [-0.2, 0) is 17.6 Å². The predicted octanol–water partition coefficient (Wildman–Crippen LogP) is 1.46. The molecule has 0 aromatic carbocycles. The average molecular weight is 281 g/mol. The summed E-state index contributed by atoms with van der Waals surface area (Å²) in [6, 6.07) is 0. The molecule has 1 aliphatic carbocycles. The Morgan fingerprint density at radius 2 is 2.32 bits per heavy atom. The van der Waals surface area contributed by atoms with E-state index in [2.05, 4.69) is 0 Å². The number of nitrogens with zero attached hydrogens (tertiary/aromatic N) is 1. The van der Waals surface area contributed by atoms with Gasteiger partial charge in [-0.25, -0.2) is 0 Å². The highest BCUT2D eigenvalue weighted by Crippen LogP contribution is 2.31. The summed E-state index contributed by atoms with van der Waals surface area (Å²) in [7, 11) is 0. The Balaban J connectivity index is 1.78. The normalized spacial score (nSPS) is 23.2. The number of aliphatic hydroxyl groups excluding tert-OH is 1. The zero-order valence-corrected chi connectivity index (χ0v) is 11.7. The van der Waals surface area contributed by atoms with E-state index >= 15 is 0 Å². The molecule has 1 aliphatic heterocycles. The Kier molecular flexibility index (Phi) is 3.86. The van der Waals surface area contributed by atoms with Crippen molar-refractivity contribution in [2.45, 2.75) is 31.8 Å². The number of ether oxygens (including phenoxy) is 1. The highest BCUT2D eigenvalue weighted by Gasteiger charge is 2.28. The molecule has 0 spiro atoms. The smallest absolute Gasteiger partial charge is 0.255 e. The third-order valence-corrected chi connectivity index (χ3v) is 5.01. The number of aliphatic hydroxyl groups is 1. The maximum absolute atomic E-state index is 12.6. The number of aryl methyl sites for hydroxylation is 1. The van der Waals surface area contributed by atoms with E-state index in [0.29, 0.717) is 19.7 Å². The number of rotatable bonds is 2. The van der Waals surface area contributed by atoms with Gasteiger partial charge in [0.15, 0.2) is 0 Å². The summed E-state index contributed by atoms with van der Waals surface area (Å²) >= 11 is 1.72. The second-order valence-electron chi connectivity index (χ2n) is 5.18. The first-order valence-electron chi connectivity index (χ1n) is 6.90. The molecule has 0 radical (unpaired) electrons. The fraction of sp³-hybridized carbons (Fsp3) is 0.643.